The van der Waals surface area contributed by atoms with Crippen LogP contribution in [0.25, 0.3) is 0 Å². The molecule has 1 aromatic rings. The number of hydrogen-bond acceptors (Lipinski definition) is 6. The normalized spacial score (nSPS) is 16.4. The molecule has 1 aromatic carbocycles. The van der Waals surface area contributed by atoms with Gasteiger partial charge in [0.25, 0.3) is 5.69 Å². The van der Waals surface area contributed by atoms with Crippen molar-refractivity contribution in [1.82, 2.24) is 4.90 Å². The lowest BCUT2D eigenvalue weighted by atomic mass is 10.1. The maximum Gasteiger partial charge on any atom is 0.293 e. The average molecular weight is 280 g/mol. The lowest BCUT2D eigenvalue weighted by Gasteiger charge is -2.31. The highest BCUT2D eigenvalue weighted by Crippen LogP contribution is 2.29. The van der Waals surface area contributed by atoms with Gasteiger partial charge in [0.1, 0.15) is 5.69 Å². The fraction of sp³-hybridized carbons (Fsp3) is 0.538. The van der Waals surface area contributed by atoms with E-state index in [2.05, 4.69) is 10.3 Å². The van der Waals surface area contributed by atoms with E-state index < -0.39 is 4.92 Å². The van der Waals surface area contributed by atoms with Gasteiger partial charge in [-0.2, -0.15) is 0 Å². The number of ether oxygens (including phenoxy) is 1. The minimum atomic E-state index is -0.423. The molecule has 0 radical (unpaired) electrons. The van der Waals surface area contributed by atoms with Crippen LogP contribution in [0.2, 0.25) is 0 Å². The summed E-state index contributed by atoms with van der Waals surface area (Å²) in [7, 11) is 2.02. The number of anilines is 1. The van der Waals surface area contributed by atoms with Crippen LogP contribution in [0, 0.1) is 10.1 Å². The van der Waals surface area contributed by atoms with Crippen LogP contribution in [0.3, 0.4) is 0 Å². The standard InChI is InChI=1S/C13H20N4O3/c1-16(11-5-7-20-8-6-11)9-10-3-2-4-12(17(18)19)13(10)15-14/h2-4,11,15H,5-9,14H2,1H3. The molecule has 0 aliphatic carbocycles. The van der Waals surface area contributed by atoms with Gasteiger partial charge in [0.05, 0.1) is 4.92 Å². The second-order valence-corrected chi connectivity index (χ2v) is 4.97. The fourth-order valence-electron chi connectivity index (χ4n) is 2.56. The van der Waals surface area contributed by atoms with Crippen LogP contribution in [0.1, 0.15) is 18.4 Å². The number of para-hydroxylation sites is 1. The van der Waals surface area contributed by atoms with Crippen molar-refractivity contribution < 1.29 is 9.66 Å². The maximum atomic E-state index is 11.0. The van der Waals surface area contributed by atoms with Crippen LogP contribution in [-0.2, 0) is 11.3 Å². The van der Waals surface area contributed by atoms with Crippen molar-refractivity contribution in [3.63, 3.8) is 0 Å². The number of rotatable bonds is 5. The van der Waals surface area contributed by atoms with Gasteiger partial charge in [0, 0.05) is 31.9 Å². The number of nitrogens with two attached hydrogens (primary N) is 1. The van der Waals surface area contributed by atoms with Gasteiger partial charge in [-0.15, -0.1) is 0 Å². The predicted molar refractivity (Wildman–Crippen MR) is 76.2 cm³/mol. The molecule has 7 nitrogen and oxygen atoms in total. The van der Waals surface area contributed by atoms with E-state index in [-0.39, 0.29) is 5.69 Å². The molecule has 1 saturated heterocycles. The van der Waals surface area contributed by atoms with E-state index in [1.54, 1.807) is 6.07 Å². The first-order valence-electron chi connectivity index (χ1n) is 6.64. The van der Waals surface area contributed by atoms with E-state index in [1.165, 1.54) is 6.07 Å². The summed E-state index contributed by atoms with van der Waals surface area (Å²) in [6.07, 6.45) is 1.97. The van der Waals surface area contributed by atoms with Crippen molar-refractivity contribution in [2.45, 2.75) is 25.4 Å². The van der Waals surface area contributed by atoms with Gasteiger partial charge in [0.15, 0.2) is 0 Å². The SMILES string of the molecule is CN(Cc1cccc([N+](=O)[O-])c1NN)C1CCOCC1. The number of nitrogens with one attached hydrogen (secondary N) is 1. The summed E-state index contributed by atoms with van der Waals surface area (Å²) in [6.45, 7) is 2.16. The molecule has 0 saturated carbocycles. The van der Waals surface area contributed by atoms with E-state index >= 15 is 0 Å². The molecular weight excluding hydrogens is 260 g/mol. The van der Waals surface area contributed by atoms with E-state index in [1.807, 2.05) is 13.1 Å². The zero-order valence-corrected chi connectivity index (χ0v) is 11.5. The second-order valence-electron chi connectivity index (χ2n) is 4.97. The molecule has 0 spiro atoms. The van der Waals surface area contributed by atoms with Gasteiger partial charge >= 0.3 is 0 Å². The van der Waals surface area contributed by atoms with Crippen LogP contribution in [0.5, 0.6) is 0 Å². The number of nitro benzene ring substituents is 1. The van der Waals surface area contributed by atoms with Gasteiger partial charge in [-0.1, -0.05) is 12.1 Å². The lowest BCUT2D eigenvalue weighted by Crippen LogP contribution is -2.36. The average Bonchev–Trinajstić information content (AvgIpc) is 2.47. The molecule has 0 amide bonds. The smallest absolute Gasteiger partial charge is 0.293 e. The van der Waals surface area contributed by atoms with E-state index in [4.69, 9.17) is 10.6 Å². The zero-order valence-electron chi connectivity index (χ0n) is 11.5. The van der Waals surface area contributed by atoms with Crippen molar-refractivity contribution >= 4 is 11.4 Å². The third-order valence-electron chi connectivity index (χ3n) is 3.70. The first kappa shape index (κ1) is 14.7. The molecule has 0 bridgehead atoms. The van der Waals surface area contributed by atoms with Crippen LogP contribution in [0.15, 0.2) is 18.2 Å². The largest absolute Gasteiger partial charge is 0.381 e. The molecule has 1 aliphatic heterocycles. The Kier molecular flexibility index (Phi) is 4.89. The minimum Gasteiger partial charge on any atom is -0.381 e. The fourth-order valence-corrected chi connectivity index (χ4v) is 2.56. The molecule has 0 aromatic heterocycles. The summed E-state index contributed by atoms with van der Waals surface area (Å²) >= 11 is 0. The summed E-state index contributed by atoms with van der Waals surface area (Å²) in [5.74, 6) is 5.45. The van der Waals surface area contributed by atoms with Crippen molar-refractivity contribution in [2.24, 2.45) is 5.84 Å². The summed E-state index contributed by atoms with van der Waals surface area (Å²) in [5, 5.41) is 11.0. The number of hydrazine groups is 1. The lowest BCUT2D eigenvalue weighted by molar-refractivity contribution is -0.384. The van der Waals surface area contributed by atoms with E-state index in [0.29, 0.717) is 18.3 Å². The third kappa shape index (κ3) is 3.24. The predicted octanol–water partition coefficient (Wildman–Crippen LogP) is 1.49. The summed E-state index contributed by atoms with van der Waals surface area (Å²) in [5.41, 5.74) is 3.68. The Morgan fingerprint density at radius 2 is 2.20 bits per heavy atom. The molecule has 1 fully saturated rings. The second kappa shape index (κ2) is 6.65. The van der Waals surface area contributed by atoms with Gasteiger partial charge in [0.2, 0.25) is 0 Å². The Morgan fingerprint density at radius 1 is 1.50 bits per heavy atom. The van der Waals surface area contributed by atoms with Crippen molar-refractivity contribution in [3.05, 3.63) is 33.9 Å². The molecule has 2 rings (SSSR count). The highest BCUT2D eigenvalue weighted by molar-refractivity contribution is 5.65. The Hall–Kier alpha value is -1.70. The number of nitro groups is 1. The molecule has 3 N–H and O–H groups in total. The first-order chi connectivity index (χ1) is 9.63. The van der Waals surface area contributed by atoms with Crippen LogP contribution in [-0.4, -0.2) is 36.1 Å². The topological polar surface area (TPSA) is 93.7 Å². The molecular formula is C13H20N4O3. The van der Waals surface area contributed by atoms with Crippen molar-refractivity contribution in [2.75, 3.05) is 25.7 Å². The van der Waals surface area contributed by atoms with Crippen molar-refractivity contribution in [1.29, 1.82) is 0 Å². The number of nitrogen functional groups attached to an aromatic ring is 1. The zero-order chi connectivity index (χ0) is 14.5. The first-order valence-corrected chi connectivity index (χ1v) is 6.64. The molecule has 0 atom stereocenters. The number of benzene rings is 1. The summed E-state index contributed by atoms with van der Waals surface area (Å²) in [6, 6.07) is 5.44. The maximum absolute atomic E-state index is 11.0. The molecule has 110 valence electrons. The van der Waals surface area contributed by atoms with E-state index in [9.17, 15) is 10.1 Å². The van der Waals surface area contributed by atoms with Gasteiger partial charge in [-0.05, 0) is 25.5 Å². The molecule has 7 heteroatoms. The molecule has 20 heavy (non-hydrogen) atoms. The third-order valence-corrected chi connectivity index (χ3v) is 3.70. The van der Waals surface area contributed by atoms with Gasteiger partial charge < -0.3 is 10.2 Å². The quantitative estimate of drug-likeness (QED) is 0.482. The number of nitrogens with zero attached hydrogens (tertiary/aromatic N) is 2. The van der Waals surface area contributed by atoms with Crippen LogP contribution < -0.4 is 11.3 Å². The summed E-state index contributed by atoms with van der Waals surface area (Å²) < 4.78 is 5.35. The molecule has 0 unspecified atom stereocenters. The minimum absolute atomic E-state index is 0.00498. The highest BCUT2D eigenvalue weighted by Gasteiger charge is 2.22. The summed E-state index contributed by atoms with van der Waals surface area (Å²) in [4.78, 5) is 12.8. The van der Waals surface area contributed by atoms with E-state index in [0.717, 1.165) is 31.6 Å². The molecule has 1 aliphatic rings. The molecule has 1 heterocycles. The monoisotopic (exact) mass is 280 g/mol. The number of hydrogen-bond donors (Lipinski definition) is 2. The van der Waals surface area contributed by atoms with Gasteiger partial charge in [-0.3, -0.25) is 20.9 Å². The van der Waals surface area contributed by atoms with Crippen LogP contribution in [0.4, 0.5) is 11.4 Å². The Balaban J connectivity index is 2.15. The Morgan fingerprint density at radius 3 is 2.80 bits per heavy atom. The Bertz CT molecular complexity index is 475. The van der Waals surface area contributed by atoms with Gasteiger partial charge in [-0.25, -0.2) is 0 Å². The Labute approximate surface area is 117 Å². The van der Waals surface area contributed by atoms with Crippen LogP contribution >= 0.6 is 0 Å². The highest BCUT2D eigenvalue weighted by atomic mass is 16.6. The van der Waals surface area contributed by atoms with Crippen molar-refractivity contribution in [3.8, 4) is 0 Å².